The van der Waals surface area contributed by atoms with Gasteiger partial charge >= 0.3 is 0 Å². The maximum absolute atomic E-state index is 5.62. The van der Waals surface area contributed by atoms with Crippen molar-refractivity contribution in [1.82, 2.24) is 9.80 Å². The van der Waals surface area contributed by atoms with Crippen molar-refractivity contribution in [2.75, 3.05) is 39.3 Å². The lowest BCUT2D eigenvalue weighted by molar-refractivity contribution is 0.106. The van der Waals surface area contributed by atoms with Gasteiger partial charge in [-0.1, -0.05) is 6.92 Å². The molecule has 16 heavy (non-hydrogen) atoms. The molecule has 0 amide bonds. The number of nitrogens with zero attached hydrogens (tertiary/aromatic N) is 2. The molecule has 1 fully saturated rings. The van der Waals surface area contributed by atoms with E-state index in [0.717, 1.165) is 6.54 Å². The van der Waals surface area contributed by atoms with Gasteiger partial charge < -0.3 is 10.6 Å². The molecule has 3 heteroatoms. The van der Waals surface area contributed by atoms with Crippen LogP contribution in [0.15, 0.2) is 0 Å². The van der Waals surface area contributed by atoms with E-state index in [1.165, 1.54) is 45.6 Å². The second kappa shape index (κ2) is 7.25. The molecule has 0 aromatic rings. The van der Waals surface area contributed by atoms with E-state index in [2.05, 4.69) is 30.6 Å². The van der Waals surface area contributed by atoms with Crippen LogP contribution < -0.4 is 5.73 Å². The van der Waals surface area contributed by atoms with E-state index in [9.17, 15) is 0 Å². The van der Waals surface area contributed by atoms with Crippen molar-refractivity contribution in [2.24, 2.45) is 11.7 Å². The van der Waals surface area contributed by atoms with Crippen molar-refractivity contribution < 1.29 is 0 Å². The molecule has 1 unspecified atom stereocenters. The molecule has 96 valence electrons. The maximum atomic E-state index is 5.62. The first-order chi connectivity index (χ1) is 7.63. The summed E-state index contributed by atoms with van der Waals surface area (Å²) in [6.45, 7) is 13.9. The number of piperazine rings is 1. The van der Waals surface area contributed by atoms with Gasteiger partial charge in [-0.3, -0.25) is 4.90 Å². The van der Waals surface area contributed by atoms with Crippen molar-refractivity contribution >= 4 is 0 Å². The highest BCUT2D eigenvalue weighted by atomic mass is 15.3. The normalized spacial score (nSPS) is 21.6. The molecule has 1 aliphatic rings. The lowest BCUT2D eigenvalue weighted by Gasteiger charge is -2.37. The summed E-state index contributed by atoms with van der Waals surface area (Å²) in [4.78, 5) is 5.17. The first kappa shape index (κ1) is 13.9. The van der Waals surface area contributed by atoms with E-state index in [0.29, 0.717) is 12.0 Å². The molecule has 3 nitrogen and oxygen atoms in total. The highest BCUT2D eigenvalue weighted by Gasteiger charge is 2.18. The first-order valence-corrected chi connectivity index (χ1v) is 6.80. The Morgan fingerprint density at radius 3 is 2.19 bits per heavy atom. The second-order valence-corrected chi connectivity index (χ2v) is 5.45. The van der Waals surface area contributed by atoms with Gasteiger partial charge in [-0.15, -0.1) is 0 Å². The summed E-state index contributed by atoms with van der Waals surface area (Å²) >= 11 is 0. The molecule has 0 bridgehead atoms. The van der Waals surface area contributed by atoms with Crippen molar-refractivity contribution in [1.29, 1.82) is 0 Å². The number of hydrogen-bond donors (Lipinski definition) is 1. The summed E-state index contributed by atoms with van der Waals surface area (Å²) in [5.41, 5.74) is 5.62. The van der Waals surface area contributed by atoms with Gasteiger partial charge in [0, 0.05) is 32.2 Å². The van der Waals surface area contributed by atoms with E-state index in [1.54, 1.807) is 0 Å². The lowest BCUT2D eigenvalue weighted by Crippen LogP contribution is -2.48. The molecule has 1 atom stereocenters. The van der Waals surface area contributed by atoms with Gasteiger partial charge in [0.1, 0.15) is 0 Å². The SMILES string of the molecule is CC(CN)CCCN1CCN(C(C)C)CC1. The molecule has 0 aliphatic carbocycles. The molecule has 0 aromatic carbocycles. The minimum absolute atomic E-state index is 0.692. The van der Waals surface area contributed by atoms with E-state index in [1.807, 2.05) is 0 Å². The van der Waals surface area contributed by atoms with Crippen LogP contribution >= 0.6 is 0 Å². The minimum Gasteiger partial charge on any atom is -0.330 e. The predicted octanol–water partition coefficient (Wildman–Crippen LogP) is 1.39. The monoisotopic (exact) mass is 227 g/mol. The van der Waals surface area contributed by atoms with E-state index in [-0.39, 0.29) is 0 Å². The molecule has 0 aromatic heterocycles. The van der Waals surface area contributed by atoms with Crippen LogP contribution in [0.25, 0.3) is 0 Å². The summed E-state index contributed by atoms with van der Waals surface area (Å²) in [7, 11) is 0. The van der Waals surface area contributed by atoms with Gasteiger partial charge in [-0.25, -0.2) is 0 Å². The van der Waals surface area contributed by atoms with Gasteiger partial charge in [-0.2, -0.15) is 0 Å². The molecule has 0 spiro atoms. The average molecular weight is 227 g/mol. The Kier molecular flexibility index (Phi) is 6.32. The van der Waals surface area contributed by atoms with Crippen molar-refractivity contribution in [3.63, 3.8) is 0 Å². The third-order valence-electron chi connectivity index (χ3n) is 3.71. The summed E-state index contributed by atoms with van der Waals surface area (Å²) in [5.74, 6) is 0.692. The Morgan fingerprint density at radius 2 is 1.69 bits per heavy atom. The van der Waals surface area contributed by atoms with Gasteiger partial charge in [0.05, 0.1) is 0 Å². The molecule has 0 radical (unpaired) electrons. The molecule has 1 saturated heterocycles. The topological polar surface area (TPSA) is 32.5 Å². The average Bonchev–Trinajstić information content (AvgIpc) is 2.29. The summed E-state index contributed by atoms with van der Waals surface area (Å²) in [5, 5.41) is 0. The van der Waals surface area contributed by atoms with Crippen molar-refractivity contribution in [2.45, 2.75) is 39.7 Å². The van der Waals surface area contributed by atoms with Crippen LogP contribution in [0.2, 0.25) is 0 Å². The summed E-state index contributed by atoms with van der Waals surface area (Å²) in [6, 6.07) is 0.708. The molecule has 1 heterocycles. The fraction of sp³-hybridized carbons (Fsp3) is 1.00. The van der Waals surface area contributed by atoms with Gasteiger partial charge in [0.2, 0.25) is 0 Å². The zero-order valence-corrected chi connectivity index (χ0v) is 11.3. The van der Waals surface area contributed by atoms with Crippen LogP contribution in [0.4, 0.5) is 0 Å². The largest absolute Gasteiger partial charge is 0.330 e. The van der Waals surface area contributed by atoms with Crippen LogP contribution in [0.3, 0.4) is 0 Å². The van der Waals surface area contributed by atoms with Crippen LogP contribution in [-0.4, -0.2) is 55.1 Å². The Balaban J connectivity index is 2.08. The molecule has 0 saturated carbocycles. The highest BCUT2D eigenvalue weighted by Crippen LogP contribution is 2.09. The van der Waals surface area contributed by atoms with Crippen molar-refractivity contribution in [3.05, 3.63) is 0 Å². The smallest absolute Gasteiger partial charge is 0.0113 e. The molecule has 2 N–H and O–H groups in total. The summed E-state index contributed by atoms with van der Waals surface area (Å²) in [6.07, 6.45) is 2.58. The maximum Gasteiger partial charge on any atom is 0.0113 e. The zero-order chi connectivity index (χ0) is 12.0. The third kappa shape index (κ3) is 4.81. The Labute approximate surface area is 101 Å². The van der Waals surface area contributed by atoms with Crippen molar-refractivity contribution in [3.8, 4) is 0 Å². The highest BCUT2D eigenvalue weighted by molar-refractivity contribution is 4.74. The standard InChI is InChI=1S/C13H29N3/c1-12(2)16-9-7-15(8-10-16)6-4-5-13(3)11-14/h12-13H,4-11,14H2,1-3H3. The van der Waals surface area contributed by atoms with Gasteiger partial charge in [0.25, 0.3) is 0 Å². The molecule has 1 aliphatic heterocycles. The van der Waals surface area contributed by atoms with Gasteiger partial charge in [-0.05, 0) is 45.7 Å². The van der Waals surface area contributed by atoms with E-state index < -0.39 is 0 Å². The van der Waals surface area contributed by atoms with E-state index >= 15 is 0 Å². The minimum atomic E-state index is 0.692. The van der Waals surface area contributed by atoms with Crippen LogP contribution in [0.5, 0.6) is 0 Å². The third-order valence-corrected chi connectivity index (χ3v) is 3.71. The number of nitrogens with two attached hydrogens (primary N) is 1. The number of hydrogen-bond acceptors (Lipinski definition) is 3. The molecular formula is C13H29N3. The zero-order valence-electron chi connectivity index (χ0n) is 11.3. The van der Waals surface area contributed by atoms with Crippen LogP contribution in [-0.2, 0) is 0 Å². The van der Waals surface area contributed by atoms with Gasteiger partial charge in [0.15, 0.2) is 0 Å². The lowest BCUT2D eigenvalue weighted by atomic mass is 10.1. The summed E-state index contributed by atoms with van der Waals surface area (Å²) < 4.78 is 0. The predicted molar refractivity (Wildman–Crippen MR) is 70.6 cm³/mol. The number of rotatable bonds is 6. The quantitative estimate of drug-likeness (QED) is 0.744. The van der Waals surface area contributed by atoms with Crippen LogP contribution in [0, 0.1) is 5.92 Å². The van der Waals surface area contributed by atoms with E-state index in [4.69, 9.17) is 5.73 Å². The fourth-order valence-corrected chi connectivity index (χ4v) is 2.28. The Hall–Kier alpha value is -0.120. The second-order valence-electron chi connectivity index (χ2n) is 5.45. The Morgan fingerprint density at radius 1 is 1.06 bits per heavy atom. The fourth-order valence-electron chi connectivity index (χ4n) is 2.28. The first-order valence-electron chi connectivity index (χ1n) is 6.80. The van der Waals surface area contributed by atoms with Crippen LogP contribution in [0.1, 0.15) is 33.6 Å². The molecular weight excluding hydrogens is 198 g/mol. The Bertz CT molecular complexity index is 174. The molecule has 1 rings (SSSR count).